The Bertz CT molecular complexity index is 785. The van der Waals surface area contributed by atoms with Crippen molar-refractivity contribution in [1.82, 2.24) is 4.90 Å². The van der Waals surface area contributed by atoms with E-state index in [9.17, 15) is 0 Å². The summed E-state index contributed by atoms with van der Waals surface area (Å²) < 4.78 is 5.87. The van der Waals surface area contributed by atoms with Crippen molar-refractivity contribution >= 4 is 0 Å². The summed E-state index contributed by atoms with van der Waals surface area (Å²) in [4.78, 5) is 2.63. The Kier molecular flexibility index (Phi) is 5.21. The van der Waals surface area contributed by atoms with Crippen LogP contribution in [0, 0.1) is 0 Å². The Morgan fingerprint density at radius 3 is 2.33 bits per heavy atom. The molecule has 2 aliphatic rings. The average molecular weight is 362 g/mol. The molecule has 142 valence electrons. The minimum atomic E-state index is 0.217. The fourth-order valence-corrected chi connectivity index (χ4v) is 4.31. The summed E-state index contributed by atoms with van der Waals surface area (Å²) in [6, 6.07) is 20.9. The van der Waals surface area contributed by atoms with Gasteiger partial charge < -0.3 is 4.74 Å². The molecule has 0 aromatic heterocycles. The molecule has 2 unspecified atom stereocenters. The lowest BCUT2D eigenvalue weighted by Gasteiger charge is -2.45. The molecule has 0 spiro atoms. The molecule has 2 nitrogen and oxygen atoms in total. The normalized spacial score (nSPS) is 23.1. The Labute approximate surface area is 163 Å². The van der Waals surface area contributed by atoms with Gasteiger partial charge in [-0.15, -0.1) is 0 Å². The predicted octanol–water partition coefficient (Wildman–Crippen LogP) is 5.13. The van der Waals surface area contributed by atoms with Gasteiger partial charge in [0.25, 0.3) is 0 Å². The van der Waals surface area contributed by atoms with E-state index in [0.717, 1.165) is 32.6 Å². The molecule has 2 heteroatoms. The highest BCUT2D eigenvalue weighted by molar-refractivity contribution is 5.31. The highest BCUT2D eigenvalue weighted by atomic mass is 16.5. The van der Waals surface area contributed by atoms with Crippen LogP contribution < -0.4 is 0 Å². The molecule has 2 atom stereocenters. The van der Waals surface area contributed by atoms with Crippen molar-refractivity contribution in [2.45, 2.75) is 57.7 Å². The molecule has 0 amide bonds. The van der Waals surface area contributed by atoms with Crippen molar-refractivity contribution in [3.63, 3.8) is 0 Å². The zero-order valence-electron chi connectivity index (χ0n) is 16.8. The quantitative estimate of drug-likeness (QED) is 0.700. The second-order valence-electron chi connectivity index (χ2n) is 9.07. The van der Waals surface area contributed by atoms with Gasteiger partial charge in [0.2, 0.25) is 0 Å². The van der Waals surface area contributed by atoms with Gasteiger partial charge in [-0.25, -0.2) is 0 Å². The largest absolute Gasteiger partial charge is 0.378 e. The van der Waals surface area contributed by atoms with Gasteiger partial charge in [-0.05, 0) is 34.9 Å². The number of hydrogen-bond acceptors (Lipinski definition) is 2. The van der Waals surface area contributed by atoms with Crippen LogP contribution in [0.5, 0.6) is 0 Å². The van der Waals surface area contributed by atoms with Crippen LogP contribution in [-0.4, -0.2) is 30.2 Å². The topological polar surface area (TPSA) is 12.5 Å². The summed E-state index contributed by atoms with van der Waals surface area (Å²) in [6.45, 7) is 9.50. The fourth-order valence-electron chi connectivity index (χ4n) is 4.31. The van der Waals surface area contributed by atoms with Crippen LogP contribution >= 0.6 is 0 Å². The zero-order chi connectivity index (χ0) is 18.9. The Balaban J connectivity index is 1.47. The van der Waals surface area contributed by atoms with Crippen molar-refractivity contribution < 1.29 is 4.74 Å². The first-order chi connectivity index (χ1) is 13.0. The zero-order valence-corrected chi connectivity index (χ0v) is 16.8. The van der Waals surface area contributed by atoms with E-state index in [1.807, 2.05) is 0 Å². The fraction of sp³-hybridized carbons (Fsp3) is 0.440. The van der Waals surface area contributed by atoms with Crippen LogP contribution in [0.4, 0.5) is 0 Å². The molecule has 4 rings (SSSR count). The van der Waals surface area contributed by atoms with Gasteiger partial charge in [0.1, 0.15) is 0 Å². The molecule has 0 N–H and O–H groups in total. The number of rotatable bonds is 4. The molecular weight excluding hydrogens is 330 g/mol. The Morgan fingerprint density at radius 2 is 1.67 bits per heavy atom. The summed E-state index contributed by atoms with van der Waals surface area (Å²) in [5.74, 6) is 0. The number of hydrogen-bond donors (Lipinski definition) is 0. The lowest BCUT2D eigenvalue weighted by Crippen LogP contribution is -2.53. The molecule has 0 radical (unpaired) electrons. The Morgan fingerprint density at radius 1 is 0.926 bits per heavy atom. The summed E-state index contributed by atoms with van der Waals surface area (Å²) in [7, 11) is 0. The minimum Gasteiger partial charge on any atom is -0.378 e. The summed E-state index contributed by atoms with van der Waals surface area (Å²) in [6.07, 6.45) is 4.65. The second kappa shape index (κ2) is 7.61. The lowest BCUT2D eigenvalue weighted by molar-refractivity contribution is -0.0440. The number of ether oxygens (including phenoxy) is 1. The monoisotopic (exact) mass is 361 g/mol. The van der Waals surface area contributed by atoms with Gasteiger partial charge in [0.05, 0.1) is 19.3 Å². The number of morpholine rings is 1. The highest BCUT2D eigenvalue weighted by Crippen LogP contribution is 2.31. The third-order valence-corrected chi connectivity index (χ3v) is 5.88. The van der Waals surface area contributed by atoms with E-state index in [0.29, 0.717) is 12.1 Å². The van der Waals surface area contributed by atoms with Crippen LogP contribution in [0.15, 0.2) is 66.2 Å². The lowest BCUT2D eigenvalue weighted by atomic mass is 9.85. The van der Waals surface area contributed by atoms with Gasteiger partial charge in [0, 0.05) is 12.6 Å². The SMILES string of the molecule is CC(C)(C)c1ccc(CC2=CC3COCC(C2)N3Cc2ccccc2)cc1. The van der Waals surface area contributed by atoms with Crippen molar-refractivity contribution in [2.75, 3.05) is 13.2 Å². The number of benzene rings is 2. The summed E-state index contributed by atoms with van der Waals surface area (Å²) >= 11 is 0. The van der Waals surface area contributed by atoms with E-state index >= 15 is 0 Å². The molecular formula is C25H31NO. The third-order valence-electron chi connectivity index (χ3n) is 5.88. The van der Waals surface area contributed by atoms with Crippen molar-refractivity contribution in [3.8, 4) is 0 Å². The standard InChI is InChI=1S/C25H31NO/c1-25(2,3)22-11-9-19(10-12-22)13-21-14-23-17-27-18-24(15-21)26(23)16-20-7-5-4-6-8-20/h4-12,14,23-24H,13,15-18H2,1-3H3. The number of fused-ring (bicyclic) bond motifs is 2. The van der Waals surface area contributed by atoms with Gasteiger partial charge >= 0.3 is 0 Å². The third kappa shape index (κ3) is 4.34. The van der Waals surface area contributed by atoms with Crippen LogP contribution in [0.2, 0.25) is 0 Å². The molecule has 0 aliphatic carbocycles. The summed E-state index contributed by atoms with van der Waals surface area (Å²) in [5.41, 5.74) is 6.01. The van der Waals surface area contributed by atoms with Gasteiger partial charge in [-0.2, -0.15) is 0 Å². The smallest absolute Gasteiger partial charge is 0.0658 e. The first kappa shape index (κ1) is 18.5. The predicted molar refractivity (Wildman–Crippen MR) is 112 cm³/mol. The van der Waals surface area contributed by atoms with Crippen LogP contribution in [-0.2, 0) is 23.1 Å². The summed E-state index contributed by atoms with van der Waals surface area (Å²) in [5, 5.41) is 0. The average Bonchev–Trinajstić information content (AvgIpc) is 2.63. The highest BCUT2D eigenvalue weighted by Gasteiger charge is 2.34. The maximum Gasteiger partial charge on any atom is 0.0658 e. The molecule has 27 heavy (non-hydrogen) atoms. The molecule has 2 bridgehead atoms. The molecule has 1 saturated heterocycles. The molecule has 2 aliphatic heterocycles. The van der Waals surface area contributed by atoms with Gasteiger partial charge in [0.15, 0.2) is 0 Å². The maximum atomic E-state index is 5.87. The second-order valence-corrected chi connectivity index (χ2v) is 9.07. The maximum absolute atomic E-state index is 5.87. The molecule has 2 heterocycles. The molecule has 2 aromatic carbocycles. The van der Waals surface area contributed by atoms with Crippen molar-refractivity contribution in [1.29, 1.82) is 0 Å². The number of nitrogens with zero attached hydrogens (tertiary/aromatic N) is 1. The first-order valence-electron chi connectivity index (χ1n) is 10.2. The van der Waals surface area contributed by atoms with Crippen LogP contribution in [0.25, 0.3) is 0 Å². The van der Waals surface area contributed by atoms with E-state index in [1.54, 1.807) is 5.57 Å². The van der Waals surface area contributed by atoms with E-state index < -0.39 is 0 Å². The van der Waals surface area contributed by atoms with E-state index in [1.165, 1.54) is 16.7 Å². The molecule has 0 saturated carbocycles. The van der Waals surface area contributed by atoms with Gasteiger partial charge in [-0.1, -0.05) is 87.0 Å². The minimum absolute atomic E-state index is 0.217. The van der Waals surface area contributed by atoms with E-state index in [2.05, 4.69) is 86.3 Å². The first-order valence-corrected chi connectivity index (χ1v) is 10.2. The molecule has 1 fully saturated rings. The van der Waals surface area contributed by atoms with Gasteiger partial charge in [-0.3, -0.25) is 4.90 Å². The van der Waals surface area contributed by atoms with E-state index in [4.69, 9.17) is 4.74 Å². The molecule has 2 aromatic rings. The van der Waals surface area contributed by atoms with Crippen molar-refractivity contribution in [3.05, 3.63) is 82.9 Å². The van der Waals surface area contributed by atoms with Crippen molar-refractivity contribution in [2.24, 2.45) is 0 Å². The van der Waals surface area contributed by atoms with Crippen LogP contribution in [0.1, 0.15) is 43.9 Å². The van der Waals surface area contributed by atoms with E-state index in [-0.39, 0.29) is 5.41 Å². The van der Waals surface area contributed by atoms with Crippen LogP contribution in [0.3, 0.4) is 0 Å². The Hall–Kier alpha value is -1.90.